The van der Waals surface area contributed by atoms with Crippen LogP contribution in [0.4, 0.5) is 0 Å². The average molecular weight is 146 g/mol. The Labute approximate surface area is 63.8 Å². The molecule has 2 aliphatic rings. The predicted octanol–water partition coefficient (Wildman–Crippen LogP) is 1.75. The van der Waals surface area contributed by atoms with E-state index in [0.717, 1.165) is 23.1 Å². The fraction of sp³-hybridized carbons (Fsp3) is 0.125. The molecule has 0 spiro atoms. The lowest BCUT2D eigenvalue weighted by atomic mass is 10.0. The van der Waals surface area contributed by atoms with Crippen LogP contribution in [0.1, 0.15) is 6.42 Å². The van der Waals surface area contributed by atoms with Crippen LogP contribution in [-0.4, -0.2) is 6.29 Å². The molecule has 0 radical (unpaired) electrons. The molecule has 1 aliphatic carbocycles. The Balaban J connectivity index is 2.37. The van der Waals surface area contributed by atoms with E-state index in [-0.39, 0.29) is 0 Å². The van der Waals surface area contributed by atoms with Crippen molar-refractivity contribution in [3.05, 3.63) is 35.2 Å². The summed E-state index contributed by atoms with van der Waals surface area (Å²) in [6.07, 6.45) is 6.94. The molecule has 0 N–H and O–H groups in total. The average Bonchev–Trinajstić information content (AvgIpc) is 2.50. The van der Waals surface area contributed by atoms with E-state index >= 15 is 0 Å². The number of hydrogen-bond donors (Lipinski definition) is 0. The van der Waals surface area contributed by atoms with Crippen molar-refractivity contribution in [3.8, 4) is 0 Å². The van der Waals surface area contributed by atoms with E-state index < -0.39 is 0 Å². The highest BCUT2D eigenvalue weighted by Gasteiger charge is 2.12. The van der Waals surface area contributed by atoms with E-state index in [1.54, 1.807) is 6.20 Å². The minimum Gasteiger partial charge on any atom is -0.298 e. The third kappa shape index (κ3) is 0.941. The SMILES string of the molecule is O=CC1=CC2=CN=NC2=CC1. The third-order valence-corrected chi connectivity index (χ3v) is 1.68. The minimum atomic E-state index is 0.676. The first-order valence-corrected chi connectivity index (χ1v) is 3.37. The fourth-order valence-electron chi connectivity index (χ4n) is 1.10. The molecule has 0 aromatic carbocycles. The topological polar surface area (TPSA) is 41.8 Å². The Hall–Kier alpha value is -1.51. The highest BCUT2D eigenvalue weighted by Crippen LogP contribution is 2.26. The van der Waals surface area contributed by atoms with Gasteiger partial charge in [0.15, 0.2) is 0 Å². The van der Waals surface area contributed by atoms with Crippen LogP contribution in [0.25, 0.3) is 0 Å². The van der Waals surface area contributed by atoms with E-state index in [9.17, 15) is 4.79 Å². The molecular weight excluding hydrogens is 140 g/mol. The van der Waals surface area contributed by atoms with Crippen molar-refractivity contribution in [1.29, 1.82) is 0 Å². The second-order valence-electron chi connectivity index (χ2n) is 2.43. The molecule has 0 bridgehead atoms. The Morgan fingerprint density at radius 1 is 1.55 bits per heavy atom. The Morgan fingerprint density at radius 3 is 3.27 bits per heavy atom. The van der Waals surface area contributed by atoms with Crippen molar-refractivity contribution < 1.29 is 4.79 Å². The van der Waals surface area contributed by atoms with Crippen molar-refractivity contribution in [1.82, 2.24) is 0 Å². The molecule has 11 heavy (non-hydrogen) atoms. The van der Waals surface area contributed by atoms with Crippen molar-refractivity contribution in [2.45, 2.75) is 6.42 Å². The standard InChI is InChI=1S/C8H6N2O/c11-5-6-1-2-8-7(3-6)4-9-10-8/h2-5H,1H2. The van der Waals surface area contributed by atoms with Crippen LogP contribution >= 0.6 is 0 Å². The number of allylic oxidation sites excluding steroid dienone is 3. The molecule has 0 unspecified atom stereocenters. The van der Waals surface area contributed by atoms with Gasteiger partial charge in [-0.25, -0.2) is 0 Å². The number of azo groups is 1. The van der Waals surface area contributed by atoms with E-state index in [4.69, 9.17) is 0 Å². The van der Waals surface area contributed by atoms with Crippen LogP contribution < -0.4 is 0 Å². The number of hydrogen-bond acceptors (Lipinski definition) is 3. The number of carbonyl (C=O) groups excluding carboxylic acids is 1. The van der Waals surface area contributed by atoms with Crippen LogP contribution in [0.5, 0.6) is 0 Å². The van der Waals surface area contributed by atoms with Gasteiger partial charge in [-0.1, -0.05) is 6.08 Å². The van der Waals surface area contributed by atoms with Crippen molar-refractivity contribution in [2.75, 3.05) is 0 Å². The lowest BCUT2D eigenvalue weighted by molar-refractivity contribution is -0.105. The molecule has 1 aliphatic heterocycles. The zero-order valence-electron chi connectivity index (χ0n) is 5.82. The van der Waals surface area contributed by atoms with Crippen LogP contribution in [0.15, 0.2) is 45.4 Å². The van der Waals surface area contributed by atoms with Gasteiger partial charge >= 0.3 is 0 Å². The lowest BCUT2D eigenvalue weighted by Gasteiger charge is -2.03. The molecule has 0 fully saturated rings. The summed E-state index contributed by atoms with van der Waals surface area (Å²) in [5.41, 5.74) is 2.61. The van der Waals surface area contributed by atoms with E-state index in [1.165, 1.54) is 0 Å². The zero-order valence-corrected chi connectivity index (χ0v) is 5.82. The number of aldehydes is 1. The number of rotatable bonds is 1. The second kappa shape index (κ2) is 2.27. The number of fused-ring (bicyclic) bond motifs is 1. The third-order valence-electron chi connectivity index (χ3n) is 1.68. The Kier molecular flexibility index (Phi) is 1.28. The summed E-state index contributed by atoms with van der Waals surface area (Å²) >= 11 is 0. The fourth-order valence-corrected chi connectivity index (χ4v) is 1.10. The molecule has 0 saturated carbocycles. The minimum absolute atomic E-state index is 0.676. The molecule has 54 valence electrons. The van der Waals surface area contributed by atoms with Crippen LogP contribution in [-0.2, 0) is 4.79 Å². The molecule has 0 saturated heterocycles. The molecular formula is C8H6N2O. The first kappa shape index (κ1) is 6.22. The normalized spacial score (nSPS) is 20.2. The van der Waals surface area contributed by atoms with Gasteiger partial charge in [-0.2, -0.15) is 10.2 Å². The summed E-state index contributed by atoms with van der Waals surface area (Å²) in [4.78, 5) is 10.4. The van der Waals surface area contributed by atoms with Gasteiger partial charge in [0.1, 0.15) is 6.29 Å². The molecule has 0 atom stereocenters. The van der Waals surface area contributed by atoms with E-state index in [1.807, 2.05) is 12.2 Å². The summed E-state index contributed by atoms with van der Waals surface area (Å²) in [7, 11) is 0. The van der Waals surface area contributed by atoms with Gasteiger partial charge in [-0.3, -0.25) is 4.79 Å². The smallest absolute Gasteiger partial charge is 0.146 e. The molecule has 1 heterocycles. The maximum absolute atomic E-state index is 10.4. The molecule has 0 aromatic heterocycles. The van der Waals surface area contributed by atoms with Crippen molar-refractivity contribution in [2.24, 2.45) is 10.2 Å². The quantitative estimate of drug-likeness (QED) is 0.519. The van der Waals surface area contributed by atoms with Gasteiger partial charge < -0.3 is 0 Å². The van der Waals surface area contributed by atoms with Gasteiger partial charge in [0.2, 0.25) is 0 Å². The summed E-state index contributed by atoms with van der Waals surface area (Å²) in [6, 6.07) is 0. The van der Waals surface area contributed by atoms with E-state index in [0.29, 0.717) is 6.42 Å². The van der Waals surface area contributed by atoms with Gasteiger partial charge in [0.25, 0.3) is 0 Å². The number of nitrogens with zero attached hydrogens (tertiary/aromatic N) is 2. The molecule has 0 aromatic rings. The van der Waals surface area contributed by atoms with Gasteiger partial charge in [0, 0.05) is 5.57 Å². The maximum Gasteiger partial charge on any atom is 0.146 e. The molecule has 2 rings (SSSR count). The van der Waals surface area contributed by atoms with Crippen molar-refractivity contribution >= 4 is 6.29 Å². The highest BCUT2D eigenvalue weighted by molar-refractivity contribution is 5.76. The number of carbonyl (C=O) groups is 1. The lowest BCUT2D eigenvalue weighted by Crippen LogP contribution is -1.92. The summed E-state index contributed by atoms with van der Waals surface area (Å²) in [6.45, 7) is 0. The van der Waals surface area contributed by atoms with Gasteiger partial charge in [-0.05, 0) is 18.1 Å². The van der Waals surface area contributed by atoms with Crippen LogP contribution in [0, 0.1) is 0 Å². The Morgan fingerprint density at radius 2 is 2.45 bits per heavy atom. The molecule has 3 nitrogen and oxygen atoms in total. The van der Waals surface area contributed by atoms with E-state index in [2.05, 4.69) is 10.2 Å². The van der Waals surface area contributed by atoms with Gasteiger partial charge in [-0.15, -0.1) is 0 Å². The molecule has 3 heteroatoms. The Bertz CT molecular complexity index is 321. The predicted molar refractivity (Wildman–Crippen MR) is 39.8 cm³/mol. The first-order chi connectivity index (χ1) is 5.40. The monoisotopic (exact) mass is 146 g/mol. The highest BCUT2D eigenvalue weighted by atomic mass is 16.1. The summed E-state index contributed by atoms with van der Waals surface area (Å²) < 4.78 is 0. The second-order valence-corrected chi connectivity index (χ2v) is 2.43. The largest absolute Gasteiger partial charge is 0.298 e. The zero-order chi connectivity index (χ0) is 7.68. The van der Waals surface area contributed by atoms with Gasteiger partial charge in [0.05, 0.1) is 11.9 Å². The van der Waals surface area contributed by atoms with Crippen LogP contribution in [0.2, 0.25) is 0 Å². The maximum atomic E-state index is 10.4. The van der Waals surface area contributed by atoms with Crippen LogP contribution in [0.3, 0.4) is 0 Å². The van der Waals surface area contributed by atoms with Crippen molar-refractivity contribution in [3.63, 3.8) is 0 Å². The first-order valence-electron chi connectivity index (χ1n) is 3.37. The summed E-state index contributed by atoms with van der Waals surface area (Å²) in [5.74, 6) is 0. The molecule has 0 amide bonds. The summed E-state index contributed by atoms with van der Waals surface area (Å²) in [5, 5.41) is 7.59.